The zero-order valence-corrected chi connectivity index (χ0v) is 23.3. The quantitative estimate of drug-likeness (QED) is 0.164. The van der Waals surface area contributed by atoms with Crippen molar-refractivity contribution < 1.29 is 34.7 Å². The van der Waals surface area contributed by atoms with E-state index < -0.39 is 6.10 Å². The number of ether oxygens (including phenoxy) is 2. The Kier molecular flexibility index (Phi) is 8.71. The number of carbonyl (C=O) groups is 1. The first kappa shape index (κ1) is 28.8. The van der Waals surface area contributed by atoms with Crippen molar-refractivity contribution in [3.8, 4) is 28.7 Å². The van der Waals surface area contributed by atoms with Gasteiger partial charge < -0.3 is 29.9 Å². The van der Waals surface area contributed by atoms with Crippen molar-refractivity contribution in [3.05, 3.63) is 76.9 Å². The first-order valence-electron chi connectivity index (χ1n) is 14.3. The van der Waals surface area contributed by atoms with E-state index in [-0.39, 0.29) is 72.0 Å². The van der Waals surface area contributed by atoms with E-state index in [1.807, 2.05) is 18.2 Å². The van der Waals surface area contributed by atoms with Gasteiger partial charge in [0.2, 0.25) is 5.75 Å². The van der Waals surface area contributed by atoms with Gasteiger partial charge in [0.15, 0.2) is 23.0 Å². The number of methoxy groups -OCH3 is 1. The lowest BCUT2D eigenvalue weighted by Crippen LogP contribution is -2.34. The number of Topliss-reactive ketones (excluding diaryl/α,β-unsaturated/α-hetero) is 1. The lowest BCUT2D eigenvalue weighted by Gasteiger charge is -2.40. The Morgan fingerprint density at radius 2 is 1.80 bits per heavy atom. The van der Waals surface area contributed by atoms with Crippen LogP contribution in [0.3, 0.4) is 0 Å². The average Bonchev–Trinajstić information content (AvgIpc) is 3.23. The lowest BCUT2D eigenvalue weighted by molar-refractivity contribution is -0.121. The van der Waals surface area contributed by atoms with Crippen molar-refractivity contribution in [2.75, 3.05) is 13.8 Å². The standard InChI is InChI=1S/C33H39NO7/c1-40-33-31-21-9-11-24(27(37)16-23(35)10-7-20-8-12-26(36)29(14-20)41-18-34)30(25(31)17-28(38)32(33)39)22(15-21)13-19-5-3-2-4-6-19/h2-6,8,12,14,17,21-22,24,27,30,36-39H,7,9-11,13,15-16,18,34H2,1H3/t21-,22-,24-,27-,30-/m0/s1. The average molecular weight is 562 g/mol. The maximum absolute atomic E-state index is 13.1. The highest BCUT2D eigenvalue weighted by atomic mass is 16.5. The molecule has 3 aliphatic carbocycles. The predicted octanol–water partition coefficient (Wildman–Crippen LogP) is 4.90. The topological polar surface area (TPSA) is 142 Å². The minimum atomic E-state index is -0.853. The van der Waals surface area contributed by atoms with Gasteiger partial charge in [0, 0.05) is 18.4 Å². The van der Waals surface area contributed by atoms with Crippen LogP contribution in [0.15, 0.2) is 54.6 Å². The third kappa shape index (κ3) is 5.99. The highest BCUT2D eigenvalue weighted by Crippen LogP contribution is 2.59. The molecule has 1 fully saturated rings. The van der Waals surface area contributed by atoms with Crippen LogP contribution < -0.4 is 15.2 Å². The van der Waals surface area contributed by atoms with E-state index in [0.717, 1.165) is 42.4 Å². The summed E-state index contributed by atoms with van der Waals surface area (Å²) in [6, 6.07) is 16.8. The van der Waals surface area contributed by atoms with Gasteiger partial charge in [-0.05, 0) is 90.7 Å². The number of hydrogen-bond donors (Lipinski definition) is 5. The number of fused-ring (bicyclic) bond motifs is 3. The van der Waals surface area contributed by atoms with Gasteiger partial charge in [-0.25, -0.2) is 0 Å². The molecular formula is C33H39NO7. The van der Waals surface area contributed by atoms with Crippen LogP contribution in [0.4, 0.5) is 0 Å². The van der Waals surface area contributed by atoms with Crippen LogP contribution in [0, 0.1) is 11.8 Å². The van der Waals surface area contributed by atoms with E-state index in [4.69, 9.17) is 15.2 Å². The maximum Gasteiger partial charge on any atom is 0.200 e. The third-order valence-corrected chi connectivity index (χ3v) is 8.91. The summed E-state index contributed by atoms with van der Waals surface area (Å²) in [5.74, 6) is 0.0595. The Labute approximate surface area is 240 Å². The summed E-state index contributed by atoms with van der Waals surface area (Å²) >= 11 is 0. The number of phenolic OH excluding ortho intramolecular Hbond substituents is 3. The van der Waals surface area contributed by atoms with Crippen LogP contribution in [0.5, 0.6) is 28.7 Å². The van der Waals surface area contributed by atoms with E-state index in [0.29, 0.717) is 12.2 Å². The summed E-state index contributed by atoms with van der Waals surface area (Å²) in [5.41, 5.74) is 9.29. The second-order valence-electron chi connectivity index (χ2n) is 11.4. The number of aliphatic hydroxyl groups excluding tert-OH is 1. The molecule has 0 spiro atoms. The molecule has 1 saturated carbocycles. The van der Waals surface area contributed by atoms with Crippen LogP contribution in [-0.2, 0) is 17.6 Å². The fourth-order valence-corrected chi connectivity index (χ4v) is 7.12. The Morgan fingerprint density at radius 1 is 1.02 bits per heavy atom. The molecule has 0 aromatic heterocycles. The van der Waals surface area contributed by atoms with Gasteiger partial charge in [-0.2, -0.15) is 0 Å². The number of benzene rings is 3. The number of carbonyl (C=O) groups excluding carboxylic acids is 1. The van der Waals surface area contributed by atoms with Gasteiger partial charge in [0.1, 0.15) is 12.5 Å². The normalized spacial score (nSPS) is 22.0. The molecule has 6 N–H and O–H groups in total. The van der Waals surface area contributed by atoms with Gasteiger partial charge in [0.05, 0.1) is 13.2 Å². The second kappa shape index (κ2) is 12.4. The number of aliphatic hydroxyl groups is 1. The van der Waals surface area contributed by atoms with Crippen molar-refractivity contribution in [1.29, 1.82) is 0 Å². The van der Waals surface area contributed by atoms with E-state index in [1.165, 1.54) is 18.7 Å². The molecule has 2 bridgehead atoms. The second-order valence-corrected chi connectivity index (χ2v) is 11.4. The summed E-state index contributed by atoms with van der Waals surface area (Å²) in [4.78, 5) is 13.1. The molecule has 3 aromatic carbocycles. The van der Waals surface area contributed by atoms with Crippen molar-refractivity contribution in [1.82, 2.24) is 0 Å². The van der Waals surface area contributed by atoms with E-state index in [1.54, 1.807) is 18.2 Å². The van der Waals surface area contributed by atoms with Gasteiger partial charge in [-0.1, -0.05) is 36.4 Å². The first-order valence-corrected chi connectivity index (χ1v) is 14.3. The van der Waals surface area contributed by atoms with Crippen LogP contribution >= 0.6 is 0 Å². The number of ketones is 1. The van der Waals surface area contributed by atoms with Crippen LogP contribution in [0.1, 0.15) is 66.2 Å². The lowest BCUT2D eigenvalue weighted by atomic mass is 9.65. The summed E-state index contributed by atoms with van der Waals surface area (Å²) in [7, 11) is 1.50. The van der Waals surface area contributed by atoms with Crippen LogP contribution in [0.25, 0.3) is 0 Å². The summed E-state index contributed by atoms with van der Waals surface area (Å²) in [5, 5.41) is 42.7. The molecule has 0 saturated heterocycles. The van der Waals surface area contributed by atoms with Gasteiger partial charge in [-0.3, -0.25) is 10.5 Å². The number of rotatable bonds is 11. The van der Waals surface area contributed by atoms with Crippen molar-refractivity contribution in [3.63, 3.8) is 0 Å². The van der Waals surface area contributed by atoms with Gasteiger partial charge in [0.25, 0.3) is 0 Å². The smallest absolute Gasteiger partial charge is 0.200 e. The molecule has 6 rings (SSSR count). The molecule has 8 nitrogen and oxygen atoms in total. The molecule has 5 atom stereocenters. The van der Waals surface area contributed by atoms with Crippen molar-refractivity contribution in [2.45, 2.75) is 62.9 Å². The third-order valence-electron chi connectivity index (χ3n) is 8.91. The Morgan fingerprint density at radius 3 is 2.54 bits per heavy atom. The molecule has 0 radical (unpaired) electrons. The molecule has 0 aliphatic heterocycles. The van der Waals surface area contributed by atoms with Gasteiger partial charge in [-0.15, -0.1) is 0 Å². The fourth-order valence-electron chi connectivity index (χ4n) is 7.12. The number of aryl methyl sites for hydroxylation is 1. The Bertz CT molecular complexity index is 1380. The van der Waals surface area contributed by atoms with Gasteiger partial charge >= 0.3 is 0 Å². The number of aromatic hydroxyl groups is 3. The molecule has 218 valence electrons. The highest BCUT2D eigenvalue weighted by Gasteiger charge is 2.47. The van der Waals surface area contributed by atoms with Crippen LogP contribution in [-0.4, -0.2) is 46.2 Å². The summed E-state index contributed by atoms with van der Waals surface area (Å²) < 4.78 is 10.8. The molecule has 41 heavy (non-hydrogen) atoms. The summed E-state index contributed by atoms with van der Waals surface area (Å²) in [6.45, 7) is -0.0663. The largest absolute Gasteiger partial charge is 0.504 e. The van der Waals surface area contributed by atoms with Crippen molar-refractivity contribution in [2.24, 2.45) is 17.6 Å². The summed E-state index contributed by atoms with van der Waals surface area (Å²) in [6.07, 6.45) is 3.09. The highest BCUT2D eigenvalue weighted by molar-refractivity contribution is 5.79. The zero-order valence-electron chi connectivity index (χ0n) is 23.3. The first-order chi connectivity index (χ1) is 19.8. The van der Waals surface area contributed by atoms with Crippen molar-refractivity contribution >= 4 is 5.78 Å². The van der Waals surface area contributed by atoms with E-state index in [2.05, 4.69) is 12.1 Å². The molecular weight excluding hydrogens is 522 g/mol. The Balaban J connectivity index is 1.38. The minimum Gasteiger partial charge on any atom is -0.504 e. The predicted molar refractivity (Wildman–Crippen MR) is 155 cm³/mol. The monoisotopic (exact) mass is 561 g/mol. The fraction of sp³-hybridized carbons (Fsp3) is 0.424. The SMILES string of the molecule is COc1c(O)c(O)cc2c1[C@H]1CC[C@@H]([C@@H](O)CC(=O)CCc3ccc(O)c(OCN)c3)[C@@H]2[C@@H](Cc2ccccc2)C1. The molecule has 0 amide bonds. The number of phenols is 3. The molecule has 3 aromatic rings. The molecule has 8 heteroatoms. The molecule has 0 unspecified atom stereocenters. The van der Waals surface area contributed by atoms with E-state index >= 15 is 0 Å². The van der Waals surface area contributed by atoms with E-state index in [9.17, 15) is 25.2 Å². The molecule has 0 heterocycles. The molecule has 3 aliphatic rings. The minimum absolute atomic E-state index is 0.00879. The number of nitrogens with two attached hydrogens (primary N) is 1. The number of hydrogen-bond acceptors (Lipinski definition) is 8. The van der Waals surface area contributed by atoms with Crippen LogP contribution in [0.2, 0.25) is 0 Å². The maximum atomic E-state index is 13.1. The zero-order chi connectivity index (χ0) is 29.1. The Hall–Kier alpha value is -3.75.